The first-order valence-electron chi connectivity index (χ1n) is 5.56. The van der Waals surface area contributed by atoms with E-state index < -0.39 is 10.0 Å². The molecular formula is C12H14N2O2S. The Kier molecular flexibility index (Phi) is 3.18. The quantitative estimate of drug-likeness (QED) is 0.801. The lowest BCUT2D eigenvalue weighted by Gasteiger charge is -2.15. The molecule has 1 fully saturated rings. The molecule has 1 heterocycles. The van der Waals surface area contributed by atoms with Crippen LogP contribution >= 0.6 is 0 Å². The molecule has 0 N–H and O–H groups in total. The van der Waals surface area contributed by atoms with Gasteiger partial charge in [-0.2, -0.15) is 9.57 Å². The summed E-state index contributed by atoms with van der Waals surface area (Å²) >= 11 is 0. The van der Waals surface area contributed by atoms with Crippen molar-refractivity contribution < 1.29 is 8.42 Å². The molecule has 1 saturated heterocycles. The summed E-state index contributed by atoms with van der Waals surface area (Å²) in [5, 5.41) is 8.81. The van der Waals surface area contributed by atoms with Crippen molar-refractivity contribution in [2.24, 2.45) is 0 Å². The lowest BCUT2D eigenvalue weighted by molar-refractivity contribution is 0.477. The van der Waals surface area contributed by atoms with Crippen molar-refractivity contribution in [2.75, 3.05) is 13.1 Å². The first-order chi connectivity index (χ1) is 8.05. The second-order valence-corrected chi connectivity index (χ2v) is 6.14. The first kappa shape index (κ1) is 12.1. The number of benzene rings is 1. The molecule has 1 aliphatic heterocycles. The zero-order valence-corrected chi connectivity index (χ0v) is 10.5. The summed E-state index contributed by atoms with van der Waals surface area (Å²) in [6.07, 6.45) is 1.85. The van der Waals surface area contributed by atoms with Crippen molar-refractivity contribution in [3.05, 3.63) is 29.3 Å². The van der Waals surface area contributed by atoms with Gasteiger partial charge in [0.15, 0.2) is 0 Å². The first-order valence-corrected chi connectivity index (χ1v) is 7.00. The average Bonchev–Trinajstić information content (AvgIpc) is 2.83. The molecule has 5 heteroatoms. The van der Waals surface area contributed by atoms with E-state index in [2.05, 4.69) is 0 Å². The van der Waals surface area contributed by atoms with Gasteiger partial charge in [0.1, 0.15) is 0 Å². The zero-order valence-electron chi connectivity index (χ0n) is 9.68. The van der Waals surface area contributed by atoms with E-state index in [-0.39, 0.29) is 4.90 Å². The van der Waals surface area contributed by atoms with Gasteiger partial charge in [-0.1, -0.05) is 0 Å². The second kappa shape index (κ2) is 4.47. The third-order valence-electron chi connectivity index (χ3n) is 3.02. The highest BCUT2D eigenvalue weighted by atomic mass is 32.2. The van der Waals surface area contributed by atoms with Crippen LogP contribution in [0.3, 0.4) is 0 Å². The summed E-state index contributed by atoms with van der Waals surface area (Å²) < 4.78 is 26.0. The van der Waals surface area contributed by atoms with Gasteiger partial charge in [-0.05, 0) is 43.5 Å². The van der Waals surface area contributed by atoms with Gasteiger partial charge in [0, 0.05) is 13.1 Å². The highest BCUT2D eigenvalue weighted by molar-refractivity contribution is 7.89. The van der Waals surface area contributed by atoms with Crippen molar-refractivity contribution >= 4 is 10.0 Å². The minimum Gasteiger partial charge on any atom is -0.207 e. The number of rotatable bonds is 2. The smallest absolute Gasteiger partial charge is 0.207 e. The molecule has 1 aromatic carbocycles. The molecule has 0 amide bonds. The van der Waals surface area contributed by atoms with Crippen LogP contribution in [-0.4, -0.2) is 25.8 Å². The molecule has 0 atom stereocenters. The largest absolute Gasteiger partial charge is 0.243 e. The highest BCUT2D eigenvalue weighted by Crippen LogP contribution is 2.22. The van der Waals surface area contributed by atoms with E-state index in [1.165, 1.54) is 10.4 Å². The van der Waals surface area contributed by atoms with Crippen LogP contribution < -0.4 is 0 Å². The number of hydrogen-bond acceptors (Lipinski definition) is 3. The number of aryl methyl sites for hydroxylation is 1. The van der Waals surface area contributed by atoms with E-state index in [0.29, 0.717) is 24.2 Å². The van der Waals surface area contributed by atoms with Gasteiger partial charge in [0.05, 0.1) is 16.5 Å². The molecule has 4 nitrogen and oxygen atoms in total. The standard InChI is InChI=1S/C12H14N2O2S/c1-10-8-12(5-4-11(10)9-13)17(15,16)14-6-2-3-7-14/h4-5,8H,2-3,6-7H2,1H3. The predicted molar refractivity (Wildman–Crippen MR) is 63.9 cm³/mol. The second-order valence-electron chi connectivity index (χ2n) is 4.20. The maximum Gasteiger partial charge on any atom is 0.243 e. The normalized spacial score (nSPS) is 16.9. The Morgan fingerprint density at radius 3 is 2.47 bits per heavy atom. The molecule has 0 bridgehead atoms. The Bertz CT molecular complexity index is 567. The van der Waals surface area contributed by atoms with E-state index in [4.69, 9.17) is 5.26 Å². The van der Waals surface area contributed by atoms with E-state index in [0.717, 1.165) is 12.8 Å². The van der Waals surface area contributed by atoms with Crippen molar-refractivity contribution in [1.29, 1.82) is 5.26 Å². The van der Waals surface area contributed by atoms with Gasteiger partial charge in [-0.15, -0.1) is 0 Å². The highest BCUT2D eigenvalue weighted by Gasteiger charge is 2.27. The third-order valence-corrected chi connectivity index (χ3v) is 4.92. The molecule has 2 rings (SSSR count). The third kappa shape index (κ3) is 2.19. The number of nitriles is 1. The zero-order chi connectivity index (χ0) is 12.5. The van der Waals surface area contributed by atoms with Gasteiger partial charge < -0.3 is 0 Å². The number of sulfonamides is 1. The van der Waals surface area contributed by atoms with E-state index in [9.17, 15) is 8.42 Å². The molecule has 90 valence electrons. The lowest BCUT2D eigenvalue weighted by Crippen LogP contribution is -2.27. The average molecular weight is 250 g/mol. The van der Waals surface area contributed by atoms with Gasteiger partial charge in [0.25, 0.3) is 0 Å². The van der Waals surface area contributed by atoms with Crippen molar-refractivity contribution in [3.63, 3.8) is 0 Å². The summed E-state index contributed by atoms with van der Waals surface area (Å²) in [5.74, 6) is 0. The van der Waals surface area contributed by atoms with Crippen LogP contribution in [0.1, 0.15) is 24.0 Å². The molecule has 0 radical (unpaired) electrons. The topological polar surface area (TPSA) is 61.2 Å². The van der Waals surface area contributed by atoms with Crippen LogP contribution in [0.5, 0.6) is 0 Å². The number of nitrogens with zero attached hydrogens (tertiary/aromatic N) is 2. The van der Waals surface area contributed by atoms with Crippen molar-refractivity contribution in [1.82, 2.24) is 4.31 Å². The van der Waals surface area contributed by atoms with E-state index in [1.807, 2.05) is 6.07 Å². The van der Waals surface area contributed by atoms with Crippen molar-refractivity contribution in [3.8, 4) is 6.07 Å². The van der Waals surface area contributed by atoms with Crippen LogP contribution in [0, 0.1) is 18.3 Å². The lowest BCUT2D eigenvalue weighted by atomic mass is 10.1. The maximum absolute atomic E-state index is 12.2. The van der Waals surface area contributed by atoms with Crippen LogP contribution in [0.25, 0.3) is 0 Å². The molecule has 0 spiro atoms. The van der Waals surface area contributed by atoms with Gasteiger partial charge in [-0.25, -0.2) is 8.42 Å². The molecule has 17 heavy (non-hydrogen) atoms. The Hall–Kier alpha value is -1.38. The SMILES string of the molecule is Cc1cc(S(=O)(=O)N2CCCC2)ccc1C#N. The maximum atomic E-state index is 12.2. The molecule has 0 saturated carbocycles. The fraction of sp³-hybridized carbons (Fsp3) is 0.417. The Balaban J connectivity index is 2.40. The summed E-state index contributed by atoms with van der Waals surface area (Å²) in [5.41, 5.74) is 1.22. The molecule has 0 unspecified atom stereocenters. The molecule has 1 aromatic rings. The van der Waals surface area contributed by atoms with Crippen LogP contribution in [0.15, 0.2) is 23.1 Å². The van der Waals surface area contributed by atoms with Crippen molar-refractivity contribution in [2.45, 2.75) is 24.7 Å². The summed E-state index contributed by atoms with van der Waals surface area (Å²) in [6.45, 7) is 2.95. The Morgan fingerprint density at radius 1 is 1.29 bits per heavy atom. The summed E-state index contributed by atoms with van der Waals surface area (Å²) in [6, 6.07) is 6.69. The van der Waals surface area contributed by atoms with Crippen LogP contribution in [0.2, 0.25) is 0 Å². The Morgan fingerprint density at radius 2 is 1.94 bits per heavy atom. The summed E-state index contributed by atoms with van der Waals surface area (Å²) in [7, 11) is -3.36. The van der Waals surface area contributed by atoms with Crippen LogP contribution in [-0.2, 0) is 10.0 Å². The fourth-order valence-corrected chi connectivity index (χ4v) is 3.60. The molecule has 0 aromatic heterocycles. The van der Waals surface area contributed by atoms with E-state index >= 15 is 0 Å². The minimum absolute atomic E-state index is 0.288. The predicted octanol–water partition coefficient (Wildman–Crippen LogP) is 1.65. The molecular weight excluding hydrogens is 236 g/mol. The fourth-order valence-electron chi connectivity index (χ4n) is 2.00. The van der Waals surface area contributed by atoms with Gasteiger partial charge >= 0.3 is 0 Å². The minimum atomic E-state index is -3.36. The summed E-state index contributed by atoms with van der Waals surface area (Å²) in [4.78, 5) is 0.288. The van der Waals surface area contributed by atoms with Gasteiger partial charge in [0.2, 0.25) is 10.0 Å². The van der Waals surface area contributed by atoms with Gasteiger partial charge in [-0.3, -0.25) is 0 Å². The van der Waals surface area contributed by atoms with E-state index in [1.54, 1.807) is 19.1 Å². The van der Waals surface area contributed by atoms with Crippen LogP contribution in [0.4, 0.5) is 0 Å². The number of hydrogen-bond donors (Lipinski definition) is 0. The monoisotopic (exact) mass is 250 g/mol. The Labute approximate surface area is 102 Å². The molecule has 1 aliphatic rings. The molecule has 0 aliphatic carbocycles.